The van der Waals surface area contributed by atoms with E-state index in [1.807, 2.05) is 0 Å². The van der Waals surface area contributed by atoms with Crippen molar-refractivity contribution in [2.45, 2.75) is 20.3 Å². The van der Waals surface area contributed by atoms with Crippen LogP contribution in [0.4, 0.5) is 5.69 Å². The maximum atomic E-state index is 11.9. The fourth-order valence-corrected chi connectivity index (χ4v) is 2.78. The first-order valence-electron chi connectivity index (χ1n) is 6.86. The Balaban J connectivity index is 2.75. The van der Waals surface area contributed by atoms with Gasteiger partial charge < -0.3 is 10.4 Å². The molecule has 0 aromatic heterocycles. The molecule has 0 aliphatic heterocycles. The number of hydrogen-bond acceptors (Lipinski definition) is 4. The van der Waals surface area contributed by atoms with Gasteiger partial charge in [-0.2, -0.15) is 0 Å². The van der Waals surface area contributed by atoms with Gasteiger partial charge in [0.2, 0.25) is 10.0 Å². The molecule has 122 valence electrons. The van der Waals surface area contributed by atoms with Gasteiger partial charge in [-0.25, -0.2) is 8.42 Å². The van der Waals surface area contributed by atoms with E-state index in [1.54, 1.807) is 19.1 Å². The topological polar surface area (TPSA) is 113 Å². The molecule has 0 fully saturated rings. The van der Waals surface area contributed by atoms with Crippen LogP contribution in [0.1, 0.15) is 30.6 Å². The third kappa shape index (κ3) is 5.72. The highest BCUT2D eigenvalue weighted by Crippen LogP contribution is 2.13. The Morgan fingerprint density at radius 2 is 2.00 bits per heavy atom. The Morgan fingerprint density at radius 1 is 1.32 bits per heavy atom. The van der Waals surface area contributed by atoms with Gasteiger partial charge in [-0.05, 0) is 24.6 Å². The van der Waals surface area contributed by atoms with Crippen molar-refractivity contribution >= 4 is 27.6 Å². The van der Waals surface area contributed by atoms with Crippen molar-refractivity contribution in [3.8, 4) is 0 Å². The molecule has 0 saturated heterocycles. The number of amides is 1. The highest BCUT2D eigenvalue weighted by molar-refractivity contribution is 7.92. The lowest BCUT2D eigenvalue weighted by Crippen LogP contribution is -2.31. The molecule has 8 heteroatoms. The number of rotatable bonds is 8. The molecule has 0 aliphatic rings. The number of carboxylic acids is 1. The Labute approximate surface area is 129 Å². The largest absolute Gasteiger partial charge is 0.481 e. The van der Waals surface area contributed by atoms with E-state index in [9.17, 15) is 18.0 Å². The van der Waals surface area contributed by atoms with Crippen LogP contribution in [0.3, 0.4) is 0 Å². The number of hydrogen-bond donors (Lipinski definition) is 3. The third-order valence-corrected chi connectivity index (χ3v) is 4.35. The van der Waals surface area contributed by atoms with Crippen molar-refractivity contribution in [3.63, 3.8) is 0 Å². The van der Waals surface area contributed by atoms with Crippen molar-refractivity contribution in [1.29, 1.82) is 0 Å². The number of carboxylic acid groups (broad SMARTS) is 1. The summed E-state index contributed by atoms with van der Waals surface area (Å²) in [6.45, 7) is 3.24. The standard InChI is InChI=1S/C14H20N2O5S/c1-3-7-22(20,21)16-12-6-4-5-11(8-12)13(17)15-9-10(2)14(18)19/h4-6,8,10,16H,3,7,9H2,1-2H3,(H,15,17)(H,18,19). The lowest BCUT2D eigenvalue weighted by atomic mass is 10.1. The van der Waals surface area contributed by atoms with Gasteiger partial charge in [-0.1, -0.05) is 19.9 Å². The fourth-order valence-electron chi connectivity index (χ4n) is 1.66. The third-order valence-electron chi connectivity index (χ3n) is 2.86. The molecule has 1 aromatic carbocycles. The zero-order valence-corrected chi connectivity index (χ0v) is 13.3. The monoisotopic (exact) mass is 328 g/mol. The number of sulfonamides is 1. The average Bonchev–Trinajstić information content (AvgIpc) is 2.43. The first-order valence-corrected chi connectivity index (χ1v) is 8.52. The van der Waals surface area contributed by atoms with Crippen LogP contribution in [0.5, 0.6) is 0 Å². The second-order valence-corrected chi connectivity index (χ2v) is 6.79. The van der Waals surface area contributed by atoms with Crippen molar-refractivity contribution in [1.82, 2.24) is 5.32 Å². The number of aliphatic carboxylic acids is 1. The first-order chi connectivity index (χ1) is 10.2. The van der Waals surface area contributed by atoms with E-state index in [-0.39, 0.29) is 17.9 Å². The van der Waals surface area contributed by atoms with E-state index in [4.69, 9.17) is 5.11 Å². The van der Waals surface area contributed by atoms with Gasteiger partial charge in [0.25, 0.3) is 5.91 Å². The van der Waals surface area contributed by atoms with Crippen LogP contribution >= 0.6 is 0 Å². The van der Waals surface area contributed by atoms with E-state index in [2.05, 4.69) is 10.0 Å². The van der Waals surface area contributed by atoms with Gasteiger partial charge in [0.05, 0.1) is 11.7 Å². The molecule has 3 N–H and O–H groups in total. The summed E-state index contributed by atoms with van der Waals surface area (Å²) < 4.78 is 25.8. The molecule has 1 aromatic rings. The molecule has 1 amide bonds. The summed E-state index contributed by atoms with van der Waals surface area (Å²) in [4.78, 5) is 22.6. The normalized spacial score (nSPS) is 12.5. The Morgan fingerprint density at radius 3 is 2.59 bits per heavy atom. The van der Waals surface area contributed by atoms with E-state index in [0.29, 0.717) is 12.1 Å². The molecule has 0 radical (unpaired) electrons. The molecular weight excluding hydrogens is 308 g/mol. The minimum Gasteiger partial charge on any atom is -0.481 e. The number of carbonyl (C=O) groups excluding carboxylic acids is 1. The smallest absolute Gasteiger partial charge is 0.308 e. The highest BCUT2D eigenvalue weighted by atomic mass is 32.2. The quantitative estimate of drug-likeness (QED) is 0.665. The van der Waals surface area contributed by atoms with Crippen LogP contribution in [0.15, 0.2) is 24.3 Å². The maximum Gasteiger partial charge on any atom is 0.308 e. The van der Waals surface area contributed by atoms with Crippen molar-refractivity contribution in [2.75, 3.05) is 17.0 Å². The molecule has 0 bridgehead atoms. The molecular formula is C14H20N2O5S. The summed E-state index contributed by atoms with van der Waals surface area (Å²) in [5, 5.41) is 11.3. The minimum atomic E-state index is -3.42. The van der Waals surface area contributed by atoms with E-state index >= 15 is 0 Å². The predicted molar refractivity (Wildman–Crippen MR) is 83.3 cm³/mol. The predicted octanol–water partition coefficient (Wildman–Crippen LogP) is 1.29. The van der Waals surface area contributed by atoms with Crippen LogP contribution in [0.25, 0.3) is 0 Å². The Hall–Kier alpha value is -2.09. The SMILES string of the molecule is CCCS(=O)(=O)Nc1cccc(C(=O)NCC(C)C(=O)O)c1. The molecule has 1 rings (SSSR count). The molecule has 22 heavy (non-hydrogen) atoms. The zero-order chi connectivity index (χ0) is 16.8. The van der Waals surface area contributed by atoms with Gasteiger partial charge in [-0.3, -0.25) is 14.3 Å². The lowest BCUT2D eigenvalue weighted by molar-refractivity contribution is -0.140. The number of nitrogens with one attached hydrogen (secondary N) is 2. The molecule has 0 heterocycles. The Bertz CT molecular complexity index is 642. The van der Waals surface area contributed by atoms with E-state index in [0.717, 1.165) is 0 Å². The summed E-state index contributed by atoms with van der Waals surface area (Å²) in [7, 11) is -3.42. The van der Waals surface area contributed by atoms with E-state index in [1.165, 1.54) is 19.1 Å². The fraction of sp³-hybridized carbons (Fsp3) is 0.429. The summed E-state index contributed by atoms with van der Waals surface area (Å²) in [5.41, 5.74) is 0.557. The second kappa shape index (κ2) is 7.79. The summed E-state index contributed by atoms with van der Waals surface area (Å²) in [5.74, 6) is -2.15. The molecule has 0 saturated carbocycles. The van der Waals surface area contributed by atoms with Crippen molar-refractivity contribution in [2.24, 2.45) is 5.92 Å². The van der Waals surface area contributed by atoms with Crippen molar-refractivity contribution in [3.05, 3.63) is 29.8 Å². The van der Waals surface area contributed by atoms with Gasteiger partial charge in [0.15, 0.2) is 0 Å². The summed E-state index contributed by atoms with van der Waals surface area (Å²) in [6, 6.07) is 6.04. The average molecular weight is 328 g/mol. The molecule has 1 atom stereocenters. The maximum absolute atomic E-state index is 11.9. The van der Waals surface area contributed by atoms with Gasteiger partial charge >= 0.3 is 5.97 Å². The zero-order valence-electron chi connectivity index (χ0n) is 12.5. The number of benzene rings is 1. The van der Waals surface area contributed by atoms with Gasteiger partial charge in [0, 0.05) is 17.8 Å². The first kappa shape index (κ1) is 18.0. The van der Waals surface area contributed by atoms with Crippen LogP contribution in [-0.4, -0.2) is 37.7 Å². The molecule has 7 nitrogen and oxygen atoms in total. The van der Waals surface area contributed by atoms with Gasteiger partial charge in [-0.15, -0.1) is 0 Å². The molecule has 0 aliphatic carbocycles. The second-order valence-electron chi connectivity index (χ2n) is 4.95. The Kier molecular flexibility index (Phi) is 6.36. The van der Waals surface area contributed by atoms with Crippen LogP contribution in [-0.2, 0) is 14.8 Å². The number of anilines is 1. The molecule has 1 unspecified atom stereocenters. The highest BCUT2D eigenvalue weighted by Gasteiger charge is 2.14. The minimum absolute atomic E-state index is 0.0000435. The van der Waals surface area contributed by atoms with E-state index < -0.39 is 27.8 Å². The van der Waals surface area contributed by atoms with Gasteiger partial charge in [0.1, 0.15) is 0 Å². The van der Waals surface area contributed by atoms with Crippen molar-refractivity contribution < 1.29 is 23.1 Å². The molecule has 0 spiro atoms. The summed E-state index contributed by atoms with van der Waals surface area (Å²) in [6.07, 6.45) is 0.489. The lowest BCUT2D eigenvalue weighted by Gasteiger charge is -2.10. The van der Waals surface area contributed by atoms with Crippen LogP contribution in [0.2, 0.25) is 0 Å². The van der Waals surface area contributed by atoms with Crippen LogP contribution < -0.4 is 10.0 Å². The number of carbonyl (C=O) groups is 2. The van der Waals surface area contributed by atoms with Crippen LogP contribution in [0, 0.1) is 5.92 Å². The summed E-state index contributed by atoms with van der Waals surface area (Å²) >= 11 is 0.